The minimum Gasteiger partial charge on any atom is -0.497 e. The predicted octanol–water partition coefficient (Wildman–Crippen LogP) is 9.97. The molecule has 1 unspecified atom stereocenters. The van der Waals surface area contributed by atoms with Gasteiger partial charge in [-0.1, -0.05) is 31.9 Å². The van der Waals surface area contributed by atoms with Crippen LogP contribution in [0.4, 0.5) is 0 Å². The quantitative estimate of drug-likeness (QED) is 0.0436. The molecular formula is C45H50Br2Cl2O12. The molecule has 1 N–H and O–H groups in total. The van der Waals surface area contributed by atoms with E-state index in [2.05, 4.69) is 36.6 Å². The van der Waals surface area contributed by atoms with Gasteiger partial charge in [0.25, 0.3) is 0 Å². The van der Waals surface area contributed by atoms with E-state index in [1.54, 1.807) is 113 Å². The van der Waals surface area contributed by atoms with Crippen molar-refractivity contribution in [1.82, 2.24) is 0 Å². The predicted molar refractivity (Wildman–Crippen MR) is 240 cm³/mol. The zero-order chi connectivity index (χ0) is 45.9. The third kappa shape index (κ3) is 16.1. The second-order valence-corrected chi connectivity index (χ2v) is 16.8. The van der Waals surface area contributed by atoms with Crippen LogP contribution in [0.1, 0.15) is 72.4 Å². The van der Waals surface area contributed by atoms with Crippen LogP contribution in [0.25, 0.3) is 0 Å². The van der Waals surface area contributed by atoms with Gasteiger partial charge in [0.15, 0.2) is 17.3 Å². The molecule has 4 aromatic rings. The second kappa shape index (κ2) is 25.5. The van der Waals surface area contributed by atoms with Crippen LogP contribution >= 0.6 is 55.1 Å². The van der Waals surface area contributed by atoms with E-state index >= 15 is 0 Å². The van der Waals surface area contributed by atoms with Gasteiger partial charge < -0.3 is 33.5 Å². The van der Waals surface area contributed by atoms with Crippen LogP contribution in [0.5, 0.6) is 23.0 Å². The number of ketones is 3. The third-order valence-electron chi connectivity index (χ3n) is 9.28. The number of aliphatic hydroxyl groups excluding tert-OH is 1. The molecule has 0 aliphatic carbocycles. The lowest BCUT2D eigenvalue weighted by atomic mass is 9.83. The van der Waals surface area contributed by atoms with E-state index in [1.165, 1.54) is 28.1 Å². The van der Waals surface area contributed by atoms with Crippen molar-refractivity contribution in [2.75, 3.05) is 33.8 Å². The zero-order valence-electron chi connectivity index (χ0n) is 35.1. The topological polar surface area (TPSA) is 161 Å². The summed E-state index contributed by atoms with van der Waals surface area (Å²) < 4.78 is 32.8. The lowest BCUT2D eigenvalue weighted by molar-refractivity contribution is -0.157. The number of hydrogen-bond acceptors (Lipinski definition) is 12. The normalized spacial score (nSPS) is 11.3. The molecule has 0 amide bonds. The Morgan fingerprint density at radius 3 is 1.36 bits per heavy atom. The summed E-state index contributed by atoms with van der Waals surface area (Å²) in [5.41, 5.74) is -0.483. The molecule has 330 valence electrons. The summed E-state index contributed by atoms with van der Waals surface area (Å²) in [7, 11) is 5.63. The minimum absolute atomic E-state index is 0.140. The number of carbonyl (C=O) groups is 5. The van der Waals surface area contributed by atoms with Gasteiger partial charge in [-0.25, -0.2) is 0 Å². The molecule has 0 saturated carbocycles. The molecule has 0 aliphatic heterocycles. The molecule has 4 rings (SSSR count). The van der Waals surface area contributed by atoms with Crippen LogP contribution in [0.3, 0.4) is 0 Å². The number of aliphatic hydroxyl groups is 1. The number of methoxy groups -OCH3 is 4. The summed E-state index contributed by atoms with van der Waals surface area (Å²) in [6.07, 6.45) is -1.79. The van der Waals surface area contributed by atoms with Crippen molar-refractivity contribution in [3.63, 3.8) is 0 Å². The number of ether oxygens (including phenoxy) is 6. The fraction of sp³-hybridized carbons (Fsp3) is 0.356. The number of alkyl halides is 2. The van der Waals surface area contributed by atoms with Gasteiger partial charge in [0.2, 0.25) is 0 Å². The van der Waals surface area contributed by atoms with Crippen molar-refractivity contribution >= 4 is 84.4 Å². The average molecular weight is 1010 g/mol. The number of benzene rings is 4. The van der Waals surface area contributed by atoms with E-state index < -0.39 is 41.1 Å². The Morgan fingerprint density at radius 2 is 0.984 bits per heavy atom. The highest BCUT2D eigenvalue weighted by atomic mass is 79.9. The Kier molecular flexibility index (Phi) is 22.0. The van der Waals surface area contributed by atoms with Gasteiger partial charge in [0.05, 0.1) is 51.7 Å². The van der Waals surface area contributed by atoms with Crippen LogP contribution in [-0.4, -0.2) is 74.3 Å². The van der Waals surface area contributed by atoms with Crippen molar-refractivity contribution in [2.24, 2.45) is 10.8 Å². The third-order valence-corrected chi connectivity index (χ3v) is 10.3. The van der Waals surface area contributed by atoms with E-state index in [9.17, 15) is 29.1 Å². The molecule has 0 aromatic heterocycles. The summed E-state index contributed by atoms with van der Waals surface area (Å²) in [5, 5.41) is 10.6. The standard InChI is InChI=1S/C22H25BrO6.C22H23BrO6.CH2Cl2/c2*1-22(2,21(26)28-4)20(25)12-19(24)18-10-5-15(23)11-14(18)13-29-17-8-6-16(27-3)7-9-17;2-1-3/h5-11,20,25H,12-13H2,1-4H3;5-11H,12-13H2,1-4H3;1H2. The minimum atomic E-state index is -1.39. The van der Waals surface area contributed by atoms with Crippen molar-refractivity contribution in [1.29, 1.82) is 0 Å². The molecule has 1 atom stereocenters. The van der Waals surface area contributed by atoms with Gasteiger partial charge in [-0.05, 0) is 113 Å². The van der Waals surface area contributed by atoms with E-state index in [1.807, 2.05) is 0 Å². The van der Waals surface area contributed by atoms with Gasteiger partial charge in [-0.2, -0.15) is 0 Å². The summed E-state index contributed by atoms with van der Waals surface area (Å²) in [5.74, 6) is 0.275. The largest absolute Gasteiger partial charge is 0.497 e. The van der Waals surface area contributed by atoms with Crippen LogP contribution in [0, 0.1) is 10.8 Å². The van der Waals surface area contributed by atoms with E-state index in [-0.39, 0.29) is 36.5 Å². The van der Waals surface area contributed by atoms with Gasteiger partial charge in [-0.3, -0.25) is 24.0 Å². The molecule has 16 heteroatoms. The van der Waals surface area contributed by atoms with Crippen molar-refractivity contribution < 1.29 is 57.5 Å². The lowest BCUT2D eigenvalue weighted by Gasteiger charge is -2.27. The Balaban J connectivity index is 0.000000395. The van der Waals surface area contributed by atoms with Gasteiger partial charge in [0, 0.05) is 37.6 Å². The highest BCUT2D eigenvalue weighted by Gasteiger charge is 2.39. The van der Waals surface area contributed by atoms with E-state index in [0.29, 0.717) is 39.5 Å². The van der Waals surface area contributed by atoms with Gasteiger partial charge >= 0.3 is 11.9 Å². The van der Waals surface area contributed by atoms with Crippen LogP contribution in [0.15, 0.2) is 93.9 Å². The average Bonchev–Trinajstić information content (AvgIpc) is 3.24. The molecule has 0 radical (unpaired) electrons. The lowest BCUT2D eigenvalue weighted by Crippen LogP contribution is -2.39. The number of Topliss-reactive ketones (excluding diaryl/α,β-unsaturated/α-hetero) is 3. The second-order valence-electron chi connectivity index (χ2n) is 14.1. The first-order chi connectivity index (χ1) is 28.8. The SMILES string of the molecule is COC(=O)C(C)(C)C(=O)CC(=O)c1ccc(Br)cc1COc1ccc(OC)cc1.COC(=O)C(C)(C)C(O)CC(=O)c1ccc(Br)cc1COc1ccc(OC)cc1.ClCCl. The Hall–Kier alpha value is -4.47. The number of halogens is 4. The number of carbonyl (C=O) groups excluding carboxylic acids is 5. The van der Waals surface area contributed by atoms with Crippen molar-refractivity contribution in [2.45, 2.75) is 59.9 Å². The first kappa shape index (κ1) is 52.7. The molecule has 0 heterocycles. The van der Waals surface area contributed by atoms with E-state index in [0.717, 1.165) is 14.7 Å². The molecule has 0 aliphatic rings. The first-order valence-corrected chi connectivity index (χ1v) is 21.1. The number of hydrogen-bond donors (Lipinski definition) is 1. The van der Waals surface area contributed by atoms with Crippen LogP contribution in [0.2, 0.25) is 0 Å². The van der Waals surface area contributed by atoms with Crippen molar-refractivity contribution in [3.05, 3.63) is 116 Å². The smallest absolute Gasteiger partial charge is 0.318 e. The summed E-state index contributed by atoms with van der Waals surface area (Å²) in [6.45, 7) is 6.30. The number of rotatable bonds is 18. The Labute approximate surface area is 383 Å². The fourth-order valence-corrected chi connectivity index (χ4v) is 6.16. The fourth-order valence-electron chi connectivity index (χ4n) is 5.34. The zero-order valence-corrected chi connectivity index (χ0v) is 39.8. The van der Waals surface area contributed by atoms with Crippen molar-refractivity contribution in [3.8, 4) is 23.0 Å². The van der Waals surface area contributed by atoms with Crippen LogP contribution in [-0.2, 0) is 37.1 Å². The van der Waals surface area contributed by atoms with Gasteiger partial charge in [-0.15, -0.1) is 23.2 Å². The molecule has 12 nitrogen and oxygen atoms in total. The molecule has 0 saturated heterocycles. The maximum atomic E-state index is 12.8. The summed E-state index contributed by atoms with van der Waals surface area (Å²) >= 11 is 16.3. The summed E-state index contributed by atoms with van der Waals surface area (Å²) in [6, 6.07) is 24.6. The molecule has 0 spiro atoms. The Morgan fingerprint density at radius 1 is 0.607 bits per heavy atom. The molecule has 4 aromatic carbocycles. The van der Waals surface area contributed by atoms with E-state index in [4.69, 9.17) is 46.9 Å². The summed E-state index contributed by atoms with van der Waals surface area (Å²) in [4.78, 5) is 61.8. The molecular weight excluding hydrogens is 963 g/mol. The monoisotopic (exact) mass is 1010 g/mol. The molecule has 0 bridgehead atoms. The molecule has 0 fully saturated rings. The first-order valence-electron chi connectivity index (χ1n) is 18.5. The Bertz CT molecular complexity index is 2090. The highest BCUT2D eigenvalue weighted by molar-refractivity contribution is 9.10. The van der Waals surface area contributed by atoms with Gasteiger partial charge in [0.1, 0.15) is 41.6 Å². The molecule has 61 heavy (non-hydrogen) atoms. The maximum Gasteiger partial charge on any atom is 0.318 e. The highest BCUT2D eigenvalue weighted by Crippen LogP contribution is 2.29. The van der Waals surface area contributed by atoms with Crippen LogP contribution < -0.4 is 18.9 Å². The number of esters is 2. The maximum absolute atomic E-state index is 12.8.